The Morgan fingerprint density at radius 2 is 1.87 bits per heavy atom. The molecule has 0 atom stereocenters. The lowest BCUT2D eigenvalue weighted by molar-refractivity contribution is 0.0697. The van der Waals surface area contributed by atoms with Gasteiger partial charge in [0.15, 0.2) is 5.65 Å². The molecule has 0 aliphatic rings. The van der Waals surface area contributed by atoms with Crippen molar-refractivity contribution in [3.63, 3.8) is 0 Å². The maximum Gasteiger partial charge on any atom is 0.335 e. The number of hydrogen-bond donors (Lipinski definition) is 1. The highest BCUT2D eigenvalue weighted by Crippen LogP contribution is 2.19. The smallest absolute Gasteiger partial charge is 0.335 e. The van der Waals surface area contributed by atoms with Crippen molar-refractivity contribution in [2.75, 3.05) is 0 Å². The number of benzene rings is 1. The van der Waals surface area contributed by atoms with Crippen LogP contribution >= 0.6 is 0 Å². The van der Waals surface area contributed by atoms with Gasteiger partial charge in [0.25, 0.3) is 5.56 Å². The van der Waals surface area contributed by atoms with Crippen LogP contribution < -0.4 is 5.56 Å². The fourth-order valence-corrected chi connectivity index (χ4v) is 2.48. The number of pyridine rings is 1. The Morgan fingerprint density at radius 3 is 2.48 bits per heavy atom. The zero-order valence-electron chi connectivity index (χ0n) is 12.7. The summed E-state index contributed by atoms with van der Waals surface area (Å²) in [6.45, 7) is 3.82. The molecule has 0 amide bonds. The van der Waals surface area contributed by atoms with Gasteiger partial charge in [0.2, 0.25) is 0 Å². The topological polar surface area (TPSA) is 85.1 Å². The van der Waals surface area contributed by atoms with Crippen molar-refractivity contribution in [3.8, 4) is 11.3 Å². The average Bonchev–Trinajstić information content (AvgIpc) is 2.54. The van der Waals surface area contributed by atoms with Crippen LogP contribution in [0.5, 0.6) is 0 Å². The van der Waals surface area contributed by atoms with Crippen molar-refractivity contribution in [2.24, 2.45) is 0 Å². The summed E-state index contributed by atoms with van der Waals surface area (Å²) in [6.07, 6.45) is 1.63. The van der Waals surface area contributed by atoms with Crippen LogP contribution in [0, 0.1) is 0 Å². The molecule has 0 aliphatic carbocycles. The lowest BCUT2D eigenvalue weighted by Gasteiger charge is -2.14. The molecule has 0 bridgehead atoms. The van der Waals surface area contributed by atoms with Gasteiger partial charge in [-0.25, -0.2) is 14.8 Å². The lowest BCUT2D eigenvalue weighted by Crippen LogP contribution is -2.25. The second kappa shape index (κ2) is 5.64. The lowest BCUT2D eigenvalue weighted by atomic mass is 10.1. The van der Waals surface area contributed by atoms with E-state index in [2.05, 4.69) is 9.97 Å². The summed E-state index contributed by atoms with van der Waals surface area (Å²) >= 11 is 0. The van der Waals surface area contributed by atoms with Crippen LogP contribution in [0.15, 0.2) is 47.4 Å². The van der Waals surface area contributed by atoms with Crippen molar-refractivity contribution in [2.45, 2.75) is 19.9 Å². The van der Waals surface area contributed by atoms with Gasteiger partial charge in [-0.15, -0.1) is 0 Å². The number of hydrogen-bond acceptors (Lipinski definition) is 4. The molecule has 0 aliphatic heterocycles. The normalized spacial score (nSPS) is 11.1. The Bertz CT molecular complexity index is 943. The zero-order valence-corrected chi connectivity index (χ0v) is 12.7. The van der Waals surface area contributed by atoms with E-state index in [1.165, 1.54) is 12.1 Å². The third kappa shape index (κ3) is 2.59. The largest absolute Gasteiger partial charge is 0.478 e. The van der Waals surface area contributed by atoms with Crippen molar-refractivity contribution >= 4 is 17.1 Å². The minimum atomic E-state index is -1.01. The summed E-state index contributed by atoms with van der Waals surface area (Å²) in [6, 6.07) is 9.62. The Kier molecular flexibility index (Phi) is 3.65. The summed E-state index contributed by atoms with van der Waals surface area (Å²) in [5.41, 5.74) is 1.96. The molecule has 2 heterocycles. The number of carbonyl (C=O) groups is 1. The maximum absolute atomic E-state index is 12.8. The van der Waals surface area contributed by atoms with Gasteiger partial charge in [-0.2, -0.15) is 0 Å². The molecule has 0 spiro atoms. The highest BCUT2D eigenvalue weighted by molar-refractivity contribution is 5.88. The average molecular weight is 309 g/mol. The third-order valence-corrected chi connectivity index (χ3v) is 3.57. The van der Waals surface area contributed by atoms with Crippen LogP contribution in [0.4, 0.5) is 0 Å². The number of fused-ring (bicyclic) bond motifs is 1. The van der Waals surface area contributed by atoms with E-state index in [4.69, 9.17) is 5.11 Å². The molecule has 0 saturated heterocycles. The fraction of sp³-hybridized carbons (Fsp3) is 0.176. The van der Waals surface area contributed by atoms with Crippen molar-refractivity contribution in [1.82, 2.24) is 14.5 Å². The first-order valence-electron chi connectivity index (χ1n) is 7.20. The van der Waals surface area contributed by atoms with Gasteiger partial charge in [-0.3, -0.25) is 9.36 Å². The Labute approximate surface area is 132 Å². The number of carboxylic acid groups (broad SMARTS) is 1. The molecule has 0 saturated carbocycles. The number of nitrogens with zero attached hydrogens (tertiary/aromatic N) is 3. The number of aromatic nitrogens is 3. The number of carboxylic acids is 1. The van der Waals surface area contributed by atoms with E-state index in [9.17, 15) is 9.59 Å². The molecule has 1 aromatic carbocycles. The Hall–Kier alpha value is -3.02. The minimum Gasteiger partial charge on any atom is -0.478 e. The van der Waals surface area contributed by atoms with E-state index in [1.54, 1.807) is 35.0 Å². The Balaban J connectivity index is 2.27. The maximum atomic E-state index is 12.8. The molecule has 116 valence electrons. The van der Waals surface area contributed by atoms with Crippen molar-refractivity contribution in [1.29, 1.82) is 0 Å². The quantitative estimate of drug-likeness (QED) is 0.804. The van der Waals surface area contributed by atoms with E-state index in [-0.39, 0.29) is 22.9 Å². The molecular weight excluding hydrogens is 294 g/mol. The molecule has 3 aromatic rings. The SMILES string of the molecule is CC(C)n1c(=O)c(-c2ccc(C(=O)O)cc2)nc2cccnc21. The molecule has 0 radical (unpaired) electrons. The van der Waals surface area contributed by atoms with Gasteiger partial charge in [0.05, 0.1) is 5.56 Å². The summed E-state index contributed by atoms with van der Waals surface area (Å²) in [7, 11) is 0. The van der Waals surface area contributed by atoms with Crippen LogP contribution in [0.25, 0.3) is 22.4 Å². The van der Waals surface area contributed by atoms with E-state index in [1.807, 2.05) is 13.8 Å². The fourth-order valence-electron chi connectivity index (χ4n) is 2.48. The second-order valence-electron chi connectivity index (χ2n) is 5.46. The van der Waals surface area contributed by atoms with E-state index in [0.29, 0.717) is 16.7 Å². The van der Waals surface area contributed by atoms with Gasteiger partial charge in [0.1, 0.15) is 11.2 Å². The van der Waals surface area contributed by atoms with Crippen LogP contribution in [0.3, 0.4) is 0 Å². The molecular formula is C17H15N3O3. The first kappa shape index (κ1) is 14.9. The highest BCUT2D eigenvalue weighted by atomic mass is 16.4. The summed E-state index contributed by atoms with van der Waals surface area (Å²) in [5.74, 6) is -1.01. The van der Waals surface area contributed by atoms with Crippen LogP contribution in [-0.4, -0.2) is 25.6 Å². The van der Waals surface area contributed by atoms with Crippen molar-refractivity contribution in [3.05, 3.63) is 58.5 Å². The predicted molar refractivity (Wildman–Crippen MR) is 86.6 cm³/mol. The first-order valence-corrected chi connectivity index (χ1v) is 7.20. The third-order valence-electron chi connectivity index (χ3n) is 3.57. The van der Waals surface area contributed by atoms with Crippen LogP contribution in [-0.2, 0) is 0 Å². The molecule has 23 heavy (non-hydrogen) atoms. The van der Waals surface area contributed by atoms with Gasteiger partial charge >= 0.3 is 5.97 Å². The van der Waals surface area contributed by atoms with Gasteiger partial charge < -0.3 is 5.11 Å². The summed E-state index contributed by atoms with van der Waals surface area (Å²) in [5, 5.41) is 8.97. The standard InChI is InChI=1S/C17H15N3O3/c1-10(2)20-15-13(4-3-9-18-15)19-14(16(20)21)11-5-7-12(8-6-11)17(22)23/h3-10H,1-2H3,(H,22,23). The van der Waals surface area contributed by atoms with Crippen molar-refractivity contribution < 1.29 is 9.90 Å². The Morgan fingerprint density at radius 1 is 1.17 bits per heavy atom. The molecule has 0 fully saturated rings. The molecule has 1 N–H and O–H groups in total. The summed E-state index contributed by atoms with van der Waals surface area (Å²) < 4.78 is 1.60. The van der Waals surface area contributed by atoms with E-state index in [0.717, 1.165) is 0 Å². The molecule has 2 aromatic heterocycles. The first-order chi connectivity index (χ1) is 11.0. The second-order valence-corrected chi connectivity index (χ2v) is 5.46. The predicted octanol–water partition coefficient (Wildman–Crippen LogP) is 2.74. The number of aromatic carboxylic acids is 1. The highest BCUT2D eigenvalue weighted by Gasteiger charge is 2.15. The van der Waals surface area contributed by atoms with Gasteiger partial charge in [0, 0.05) is 17.8 Å². The van der Waals surface area contributed by atoms with Gasteiger partial charge in [-0.1, -0.05) is 12.1 Å². The molecule has 6 heteroatoms. The van der Waals surface area contributed by atoms with Gasteiger partial charge in [-0.05, 0) is 38.1 Å². The monoisotopic (exact) mass is 309 g/mol. The van der Waals surface area contributed by atoms with E-state index < -0.39 is 5.97 Å². The molecule has 6 nitrogen and oxygen atoms in total. The molecule has 0 unspecified atom stereocenters. The zero-order chi connectivity index (χ0) is 16.6. The van der Waals surface area contributed by atoms with E-state index >= 15 is 0 Å². The minimum absolute atomic E-state index is 0.0695. The van der Waals surface area contributed by atoms with Crippen LogP contribution in [0.2, 0.25) is 0 Å². The number of rotatable bonds is 3. The molecule has 3 rings (SSSR count). The summed E-state index contributed by atoms with van der Waals surface area (Å²) in [4.78, 5) is 32.4. The van der Waals surface area contributed by atoms with Crippen LogP contribution in [0.1, 0.15) is 30.2 Å².